The Hall–Kier alpha value is -1.27. The standard InChI is InChI=1S/C12H16N2O/c1-14(9-11-3-2-8-15-11)10-12(4-5-12)6-7-13/h2-3,8H,4-6,9-10H2,1H3. The second-order valence-electron chi connectivity index (χ2n) is 4.59. The second kappa shape index (κ2) is 4.08. The van der Waals surface area contributed by atoms with Crippen LogP contribution in [0.3, 0.4) is 0 Å². The van der Waals surface area contributed by atoms with Crippen molar-refractivity contribution in [3.8, 4) is 6.07 Å². The molecule has 1 aliphatic carbocycles. The minimum Gasteiger partial charge on any atom is -0.468 e. The quantitative estimate of drug-likeness (QED) is 0.739. The van der Waals surface area contributed by atoms with Crippen LogP contribution in [0.5, 0.6) is 0 Å². The molecular formula is C12H16N2O. The Morgan fingerprint density at radius 1 is 1.60 bits per heavy atom. The number of hydrogen-bond donors (Lipinski definition) is 0. The van der Waals surface area contributed by atoms with Gasteiger partial charge < -0.3 is 4.42 Å². The Morgan fingerprint density at radius 3 is 2.93 bits per heavy atom. The molecule has 1 aromatic heterocycles. The van der Waals surface area contributed by atoms with E-state index in [1.165, 1.54) is 12.8 Å². The second-order valence-corrected chi connectivity index (χ2v) is 4.59. The van der Waals surface area contributed by atoms with Crippen LogP contribution < -0.4 is 0 Å². The molecular weight excluding hydrogens is 188 g/mol. The zero-order chi connectivity index (χ0) is 10.7. The smallest absolute Gasteiger partial charge is 0.117 e. The molecule has 0 unspecified atom stereocenters. The van der Waals surface area contributed by atoms with Crippen LogP contribution in [0.1, 0.15) is 25.0 Å². The molecule has 0 bridgehead atoms. The number of nitrogens with zero attached hydrogens (tertiary/aromatic N) is 2. The molecule has 15 heavy (non-hydrogen) atoms. The van der Waals surface area contributed by atoms with Gasteiger partial charge >= 0.3 is 0 Å². The summed E-state index contributed by atoms with van der Waals surface area (Å²) in [5.41, 5.74) is 0.288. The summed E-state index contributed by atoms with van der Waals surface area (Å²) in [7, 11) is 2.08. The first-order valence-electron chi connectivity index (χ1n) is 5.32. The normalized spacial score (nSPS) is 17.7. The molecule has 1 fully saturated rings. The average Bonchev–Trinajstić information content (AvgIpc) is 2.75. The van der Waals surface area contributed by atoms with E-state index in [2.05, 4.69) is 18.0 Å². The molecule has 3 nitrogen and oxygen atoms in total. The van der Waals surface area contributed by atoms with Gasteiger partial charge in [0.05, 0.1) is 18.9 Å². The van der Waals surface area contributed by atoms with E-state index in [0.29, 0.717) is 6.42 Å². The molecule has 1 heterocycles. The van der Waals surface area contributed by atoms with Gasteiger partial charge in [0, 0.05) is 13.0 Å². The molecule has 1 aromatic rings. The van der Waals surface area contributed by atoms with E-state index in [1.54, 1.807) is 6.26 Å². The third-order valence-corrected chi connectivity index (χ3v) is 3.02. The van der Waals surface area contributed by atoms with Crippen LogP contribution in [-0.2, 0) is 6.54 Å². The van der Waals surface area contributed by atoms with Crippen molar-refractivity contribution in [2.45, 2.75) is 25.8 Å². The van der Waals surface area contributed by atoms with Crippen LogP contribution in [-0.4, -0.2) is 18.5 Å². The molecule has 0 radical (unpaired) electrons. The summed E-state index contributed by atoms with van der Waals surface area (Å²) >= 11 is 0. The van der Waals surface area contributed by atoms with E-state index in [1.807, 2.05) is 12.1 Å². The van der Waals surface area contributed by atoms with E-state index in [-0.39, 0.29) is 5.41 Å². The minimum absolute atomic E-state index is 0.288. The van der Waals surface area contributed by atoms with Crippen molar-refractivity contribution in [1.82, 2.24) is 4.90 Å². The predicted octanol–water partition coefficient (Wildman–Crippen LogP) is 2.41. The fourth-order valence-electron chi connectivity index (χ4n) is 2.03. The Labute approximate surface area is 90.3 Å². The van der Waals surface area contributed by atoms with Gasteiger partial charge in [-0.2, -0.15) is 5.26 Å². The van der Waals surface area contributed by atoms with Gasteiger partial charge in [0.25, 0.3) is 0 Å². The van der Waals surface area contributed by atoms with Gasteiger partial charge in [0.2, 0.25) is 0 Å². The van der Waals surface area contributed by atoms with Gasteiger partial charge in [-0.25, -0.2) is 0 Å². The van der Waals surface area contributed by atoms with E-state index in [9.17, 15) is 0 Å². The summed E-state index contributed by atoms with van der Waals surface area (Å²) in [5.74, 6) is 0.991. The van der Waals surface area contributed by atoms with Crippen LogP contribution >= 0.6 is 0 Å². The maximum absolute atomic E-state index is 8.72. The zero-order valence-corrected chi connectivity index (χ0v) is 9.07. The van der Waals surface area contributed by atoms with Gasteiger partial charge in [0.1, 0.15) is 5.76 Å². The lowest BCUT2D eigenvalue weighted by Crippen LogP contribution is -2.26. The summed E-state index contributed by atoms with van der Waals surface area (Å²) in [5, 5.41) is 8.72. The first-order valence-corrected chi connectivity index (χ1v) is 5.32. The average molecular weight is 204 g/mol. The van der Waals surface area contributed by atoms with E-state index in [0.717, 1.165) is 18.8 Å². The third kappa shape index (κ3) is 2.60. The van der Waals surface area contributed by atoms with Gasteiger partial charge in [-0.15, -0.1) is 0 Å². The Kier molecular flexibility index (Phi) is 2.79. The summed E-state index contributed by atoms with van der Waals surface area (Å²) in [6.45, 7) is 1.83. The lowest BCUT2D eigenvalue weighted by atomic mass is 10.0. The van der Waals surface area contributed by atoms with Crippen LogP contribution in [0.15, 0.2) is 22.8 Å². The van der Waals surface area contributed by atoms with Crippen molar-refractivity contribution in [1.29, 1.82) is 5.26 Å². The molecule has 2 rings (SSSR count). The fraction of sp³-hybridized carbons (Fsp3) is 0.583. The molecule has 1 aliphatic rings. The highest BCUT2D eigenvalue weighted by atomic mass is 16.3. The van der Waals surface area contributed by atoms with Crippen molar-refractivity contribution in [3.63, 3.8) is 0 Å². The highest BCUT2D eigenvalue weighted by Crippen LogP contribution is 2.49. The maximum atomic E-state index is 8.72. The van der Waals surface area contributed by atoms with Crippen LogP contribution in [0, 0.1) is 16.7 Å². The number of hydrogen-bond acceptors (Lipinski definition) is 3. The van der Waals surface area contributed by atoms with Crippen LogP contribution in [0.4, 0.5) is 0 Å². The lowest BCUT2D eigenvalue weighted by Gasteiger charge is -2.20. The first-order chi connectivity index (χ1) is 7.24. The minimum atomic E-state index is 0.288. The van der Waals surface area contributed by atoms with Gasteiger partial charge in [-0.3, -0.25) is 4.90 Å². The Bertz CT molecular complexity index is 346. The van der Waals surface area contributed by atoms with E-state index >= 15 is 0 Å². The first kappa shape index (κ1) is 10.3. The molecule has 0 atom stereocenters. The molecule has 0 N–H and O–H groups in total. The number of nitriles is 1. The van der Waals surface area contributed by atoms with E-state index < -0.39 is 0 Å². The number of furan rings is 1. The zero-order valence-electron chi connectivity index (χ0n) is 9.07. The van der Waals surface area contributed by atoms with Crippen molar-refractivity contribution in [2.24, 2.45) is 5.41 Å². The highest BCUT2D eigenvalue weighted by Gasteiger charge is 2.43. The third-order valence-electron chi connectivity index (χ3n) is 3.02. The molecule has 80 valence electrons. The van der Waals surface area contributed by atoms with Gasteiger partial charge in [0.15, 0.2) is 0 Å². The van der Waals surface area contributed by atoms with Crippen LogP contribution in [0.25, 0.3) is 0 Å². The SMILES string of the molecule is CN(Cc1ccco1)CC1(CC#N)CC1. The fourth-order valence-corrected chi connectivity index (χ4v) is 2.03. The van der Waals surface area contributed by atoms with Crippen molar-refractivity contribution in [2.75, 3.05) is 13.6 Å². The summed E-state index contributed by atoms with van der Waals surface area (Å²) in [6.07, 6.45) is 4.78. The Morgan fingerprint density at radius 2 is 2.40 bits per heavy atom. The molecule has 0 spiro atoms. The molecule has 3 heteroatoms. The summed E-state index contributed by atoms with van der Waals surface area (Å²) in [4.78, 5) is 2.24. The topological polar surface area (TPSA) is 40.2 Å². The molecule has 0 aromatic carbocycles. The van der Waals surface area contributed by atoms with E-state index in [4.69, 9.17) is 9.68 Å². The number of rotatable bonds is 5. The largest absolute Gasteiger partial charge is 0.468 e. The molecule has 0 saturated heterocycles. The van der Waals surface area contributed by atoms with Crippen molar-refractivity contribution < 1.29 is 4.42 Å². The molecule has 0 aliphatic heterocycles. The Balaban J connectivity index is 1.83. The summed E-state index contributed by atoms with van der Waals surface area (Å²) < 4.78 is 5.29. The lowest BCUT2D eigenvalue weighted by molar-refractivity contribution is 0.239. The van der Waals surface area contributed by atoms with Crippen molar-refractivity contribution >= 4 is 0 Å². The van der Waals surface area contributed by atoms with Gasteiger partial charge in [-0.05, 0) is 37.4 Å². The maximum Gasteiger partial charge on any atom is 0.117 e. The predicted molar refractivity (Wildman–Crippen MR) is 56.9 cm³/mol. The molecule has 0 amide bonds. The molecule has 1 saturated carbocycles. The summed E-state index contributed by atoms with van der Waals surface area (Å²) in [6, 6.07) is 6.18. The van der Waals surface area contributed by atoms with Crippen LogP contribution in [0.2, 0.25) is 0 Å². The van der Waals surface area contributed by atoms with Crippen molar-refractivity contribution in [3.05, 3.63) is 24.2 Å². The van der Waals surface area contributed by atoms with Gasteiger partial charge in [-0.1, -0.05) is 0 Å². The highest BCUT2D eigenvalue weighted by molar-refractivity contribution is 5.02. The monoisotopic (exact) mass is 204 g/mol.